The quantitative estimate of drug-likeness (QED) is 0.850. The van der Waals surface area contributed by atoms with E-state index in [1.807, 2.05) is 0 Å². The normalized spacial score (nSPS) is 11.3. The van der Waals surface area contributed by atoms with Gasteiger partial charge in [-0.05, 0) is 30.3 Å². The van der Waals surface area contributed by atoms with Crippen molar-refractivity contribution in [2.75, 3.05) is 10.5 Å². The van der Waals surface area contributed by atoms with Crippen LogP contribution in [0.4, 0.5) is 20.2 Å². The lowest BCUT2D eigenvalue weighted by atomic mass is 10.3. The summed E-state index contributed by atoms with van der Waals surface area (Å²) in [6, 6.07) is 8.07. The summed E-state index contributed by atoms with van der Waals surface area (Å²) in [6.45, 7) is 0. The molecule has 0 aromatic heterocycles. The molecule has 0 spiro atoms. The molecular weight excluding hydrogens is 274 g/mol. The van der Waals surface area contributed by atoms with E-state index in [2.05, 4.69) is 4.72 Å². The number of nitrogens with two attached hydrogens (primary N) is 1. The fourth-order valence-corrected chi connectivity index (χ4v) is 2.59. The average Bonchev–Trinajstić information content (AvgIpc) is 2.26. The van der Waals surface area contributed by atoms with Crippen LogP contribution in [0.5, 0.6) is 0 Å². The number of sulfonamides is 1. The molecule has 0 aliphatic carbocycles. The summed E-state index contributed by atoms with van der Waals surface area (Å²) in [4.78, 5) is -0.493. The van der Waals surface area contributed by atoms with E-state index in [0.29, 0.717) is 11.8 Å². The maximum atomic E-state index is 13.0. The molecule has 0 unspecified atom stereocenters. The van der Waals surface area contributed by atoms with E-state index < -0.39 is 26.6 Å². The van der Waals surface area contributed by atoms with Crippen LogP contribution in [-0.2, 0) is 10.0 Å². The zero-order valence-electron chi connectivity index (χ0n) is 9.60. The third kappa shape index (κ3) is 3.19. The van der Waals surface area contributed by atoms with Gasteiger partial charge in [-0.3, -0.25) is 4.72 Å². The van der Waals surface area contributed by atoms with Crippen LogP contribution in [0.25, 0.3) is 0 Å². The van der Waals surface area contributed by atoms with Crippen LogP contribution in [0.1, 0.15) is 0 Å². The number of nitrogens with one attached hydrogen (secondary N) is 1. The first-order chi connectivity index (χ1) is 8.87. The highest BCUT2D eigenvalue weighted by molar-refractivity contribution is 7.92. The summed E-state index contributed by atoms with van der Waals surface area (Å²) < 4.78 is 52.1. The van der Waals surface area contributed by atoms with Crippen molar-refractivity contribution >= 4 is 21.4 Å². The Kier molecular flexibility index (Phi) is 3.39. The van der Waals surface area contributed by atoms with Gasteiger partial charge in [0.2, 0.25) is 0 Å². The van der Waals surface area contributed by atoms with E-state index in [0.717, 1.165) is 12.1 Å². The molecule has 100 valence electrons. The number of halogens is 2. The fraction of sp³-hybridized carbons (Fsp3) is 0. The number of hydrogen-bond donors (Lipinski definition) is 2. The van der Waals surface area contributed by atoms with Crippen molar-refractivity contribution in [2.24, 2.45) is 0 Å². The molecule has 0 atom stereocenters. The highest BCUT2D eigenvalue weighted by Gasteiger charge is 2.16. The molecule has 0 heterocycles. The van der Waals surface area contributed by atoms with Crippen molar-refractivity contribution in [1.82, 2.24) is 0 Å². The Labute approximate surface area is 108 Å². The van der Waals surface area contributed by atoms with Gasteiger partial charge < -0.3 is 5.73 Å². The van der Waals surface area contributed by atoms with Crippen molar-refractivity contribution in [3.63, 3.8) is 0 Å². The van der Waals surface area contributed by atoms with Crippen molar-refractivity contribution < 1.29 is 17.2 Å². The third-order valence-corrected chi connectivity index (χ3v) is 3.65. The summed E-state index contributed by atoms with van der Waals surface area (Å²) >= 11 is 0. The Morgan fingerprint density at radius 2 is 1.63 bits per heavy atom. The molecule has 0 aliphatic rings. The van der Waals surface area contributed by atoms with Gasteiger partial charge in [-0.25, -0.2) is 17.2 Å². The Hall–Kier alpha value is -2.15. The molecule has 2 aromatic carbocycles. The van der Waals surface area contributed by atoms with E-state index in [1.54, 1.807) is 12.1 Å². The number of nitrogen functional groups attached to an aromatic ring is 1. The van der Waals surface area contributed by atoms with Gasteiger partial charge in [0.05, 0.1) is 10.6 Å². The van der Waals surface area contributed by atoms with Crippen LogP contribution >= 0.6 is 0 Å². The number of hydrogen-bond acceptors (Lipinski definition) is 3. The maximum Gasteiger partial charge on any atom is 0.262 e. The molecule has 4 nitrogen and oxygen atoms in total. The SMILES string of the molecule is Nc1cccc(NS(=O)(=O)c2cc(F)cc(F)c2)c1. The first-order valence-electron chi connectivity index (χ1n) is 5.21. The molecule has 2 aromatic rings. The number of rotatable bonds is 3. The zero-order valence-corrected chi connectivity index (χ0v) is 10.4. The predicted octanol–water partition coefficient (Wildman–Crippen LogP) is 2.35. The standard InChI is InChI=1S/C12H10F2N2O2S/c13-8-4-9(14)6-12(5-8)19(17,18)16-11-3-1-2-10(15)7-11/h1-7,16H,15H2. The Morgan fingerprint density at radius 1 is 1.00 bits per heavy atom. The van der Waals surface area contributed by atoms with Gasteiger partial charge in [-0.2, -0.15) is 0 Å². The number of benzene rings is 2. The van der Waals surface area contributed by atoms with Gasteiger partial charge in [0.15, 0.2) is 0 Å². The second kappa shape index (κ2) is 4.85. The molecule has 0 radical (unpaired) electrons. The molecule has 0 bridgehead atoms. The lowest BCUT2D eigenvalue weighted by Gasteiger charge is -2.08. The maximum absolute atomic E-state index is 13.0. The third-order valence-electron chi connectivity index (χ3n) is 2.29. The van der Waals surface area contributed by atoms with Crippen LogP contribution in [0.3, 0.4) is 0 Å². The second-order valence-corrected chi connectivity index (χ2v) is 5.52. The summed E-state index contributed by atoms with van der Waals surface area (Å²) in [7, 11) is -4.06. The Balaban J connectivity index is 2.37. The van der Waals surface area contributed by atoms with Crippen molar-refractivity contribution in [2.45, 2.75) is 4.90 Å². The van der Waals surface area contributed by atoms with Crippen LogP contribution in [0, 0.1) is 11.6 Å². The summed E-state index contributed by atoms with van der Waals surface area (Å²) in [5.41, 5.74) is 6.09. The van der Waals surface area contributed by atoms with E-state index in [4.69, 9.17) is 5.73 Å². The van der Waals surface area contributed by atoms with Gasteiger partial charge in [-0.15, -0.1) is 0 Å². The predicted molar refractivity (Wildman–Crippen MR) is 68.0 cm³/mol. The average molecular weight is 284 g/mol. The molecule has 0 aliphatic heterocycles. The molecule has 2 rings (SSSR count). The van der Waals surface area contributed by atoms with Crippen LogP contribution in [-0.4, -0.2) is 8.42 Å². The zero-order chi connectivity index (χ0) is 14.0. The molecular formula is C12H10F2N2O2S. The van der Waals surface area contributed by atoms with E-state index in [1.165, 1.54) is 12.1 Å². The van der Waals surface area contributed by atoms with Crippen molar-refractivity contribution in [3.05, 3.63) is 54.1 Å². The molecule has 19 heavy (non-hydrogen) atoms. The molecule has 0 fully saturated rings. The van der Waals surface area contributed by atoms with Gasteiger partial charge in [0, 0.05) is 11.8 Å². The minimum absolute atomic E-state index is 0.213. The minimum Gasteiger partial charge on any atom is -0.399 e. The van der Waals surface area contributed by atoms with E-state index in [-0.39, 0.29) is 5.69 Å². The van der Waals surface area contributed by atoms with Crippen molar-refractivity contribution in [1.29, 1.82) is 0 Å². The first-order valence-corrected chi connectivity index (χ1v) is 6.69. The van der Waals surface area contributed by atoms with E-state index in [9.17, 15) is 17.2 Å². The van der Waals surface area contributed by atoms with Crippen LogP contribution in [0.2, 0.25) is 0 Å². The molecule has 0 saturated heterocycles. The van der Waals surface area contributed by atoms with Gasteiger partial charge in [-0.1, -0.05) is 6.07 Å². The van der Waals surface area contributed by atoms with Crippen LogP contribution < -0.4 is 10.5 Å². The van der Waals surface area contributed by atoms with Gasteiger partial charge in [0.25, 0.3) is 10.0 Å². The molecule has 0 saturated carbocycles. The summed E-state index contributed by atoms with van der Waals surface area (Å²) in [5.74, 6) is -1.93. The Morgan fingerprint density at radius 3 is 2.21 bits per heavy atom. The first kappa shape index (κ1) is 13.3. The topological polar surface area (TPSA) is 72.2 Å². The van der Waals surface area contributed by atoms with Gasteiger partial charge in [0.1, 0.15) is 11.6 Å². The van der Waals surface area contributed by atoms with Crippen molar-refractivity contribution in [3.8, 4) is 0 Å². The summed E-state index contributed by atoms with van der Waals surface area (Å²) in [5, 5.41) is 0. The molecule has 0 amide bonds. The highest BCUT2D eigenvalue weighted by atomic mass is 32.2. The molecule has 7 heteroatoms. The lowest BCUT2D eigenvalue weighted by Crippen LogP contribution is -2.13. The highest BCUT2D eigenvalue weighted by Crippen LogP contribution is 2.19. The van der Waals surface area contributed by atoms with E-state index >= 15 is 0 Å². The monoisotopic (exact) mass is 284 g/mol. The second-order valence-electron chi connectivity index (χ2n) is 3.84. The summed E-state index contributed by atoms with van der Waals surface area (Å²) in [6.07, 6.45) is 0. The van der Waals surface area contributed by atoms with Gasteiger partial charge >= 0.3 is 0 Å². The largest absolute Gasteiger partial charge is 0.399 e. The lowest BCUT2D eigenvalue weighted by molar-refractivity contribution is 0.568. The fourth-order valence-electron chi connectivity index (χ4n) is 1.50. The number of anilines is 2. The smallest absolute Gasteiger partial charge is 0.262 e. The van der Waals surface area contributed by atoms with Crippen LogP contribution in [0.15, 0.2) is 47.4 Å². The molecule has 3 N–H and O–H groups in total. The minimum atomic E-state index is -4.06. The Bertz CT molecular complexity index is 697.